The molecule has 0 bridgehead atoms. The summed E-state index contributed by atoms with van der Waals surface area (Å²) in [5.41, 5.74) is 8.00. The van der Waals surface area contributed by atoms with E-state index in [-0.39, 0.29) is 11.3 Å². The monoisotopic (exact) mass is 263 g/mol. The van der Waals surface area contributed by atoms with Gasteiger partial charge in [-0.3, -0.25) is 4.79 Å². The fourth-order valence-electron chi connectivity index (χ4n) is 1.57. The second-order valence-electron chi connectivity index (χ2n) is 5.88. The highest BCUT2D eigenvalue weighted by Gasteiger charge is 2.22. The van der Waals surface area contributed by atoms with E-state index in [0.717, 1.165) is 12.2 Å². The van der Waals surface area contributed by atoms with Crippen LogP contribution in [0.15, 0.2) is 18.2 Å². The van der Waals surface area contributed by atoms with Gasteiger partial charge in [-0.25, -0.2) is 0 Å². The molecule has 106 valence electrons. The number of nitrogen functional groups attached to an aromatic ring is 1. The molecule has 0 aliphatic carbocycles. The molecule has 4 nitrogen and oxygen atoms in total. The van der Waals surface area contributed by atoms with Gasteiger partial charge in [0.05, 0.1) is 5.56 Å². The number of amides is 1. The van der Waals surface area contributed by atoms with E-state index in [0.29, 0.717) is 17.2 Å². The summed E-state index contributed by atoms with van der Waals surface area (Å²) in [7, 11) is 1.63. The molecule has 4 heteroatoms. The van der Waals surface area contributed by atoms with Crippen molar-refractivity contribution in [3.8, 4) is 0 Å². The first-order chi connectivity index (χ1) is 8.77. The molecule has 1 aromatic carbocycles. The Bertz CT molecular complexity index is 453. The van der Waals surface area contributed by atoms with Crippen LogP contribution >= 0.6 is 0 Å². The van der Waals surface area contributed by atoms with Crippen molar-refractivity contribution in [3.63, 3.8) is 0 Å². The Balaban J connectivity index is 2.94. The highest BCUT2D eigenvalue weighted by molar-refractivity contribution is 6.00. The standard InChI is InChI=1S/C15H25N3O/c1-10(2)15(3,4)9-18-13-8-11(16)6-7-12(13)14(19)17-5/h6-8,10,18H,9,16H2,1-5H3,(H,17,19). The first-order valence-electron chi connectivity index (χ1n) is 6.63. The van der Waals surface area contributed by atoms with Crippen LogP contribution in [-0.2, 0) is 0 Å². The highest BCUT2D eigenvalue weighted by atomic mass is 16.1. The van der Waals surface area contributed by atoms with Gasteiger partial charge >= 0.3 is 0 Å². The Morgan fingerprint density at radius 3 is 2.53 bits per heavy atom. The normalized spacial score (nSPS) is 11.5. The van der Waals surface area contributed by atoms with Crippen LogP contribution in [0.4, 0.5) is 11.4 Å². The number of anilines is 2. The molecule has 0 unspecified atom stereocenters. The lowest BCUT2D eigenvalue weighted by Gasteiger charge is -2.30. The van der Waals surface area contributed by atoms with Crippen molar-refractivity contribution >= 4 is 17.3 Å². The van der Waals surface area contributed by atoms with Gasteiger partial charge in [-0.05, 0) is 29.5 Å². The van der Waals surface area contributed by atoms with Crippen LogP contribution in [0.2, 0.25) is 0 Å². The zero-order valence-electron chi connectivity index (χ0n) is 12.5. The maximum Gasteiger partial charge on any atom is 0.253 e. The minimum atomic E-state index is -0.107. The Kier molecular flexibility index (Phi) is 4.81. The molecule has 0 fully saturated rings. The van der Waals surface area contributed by atoms with Gasteiger partial charge in [-0.15, -0.1) is 0 Å². The van der Waals surface area contributed by atoms with Crippen LogP contribution < -0.4 is 16.4 Å². The minimum absolute atomic E-state index is 0.107. The van der Waals surface area contributed by atoms with E-state index < -0.39 is 0 Å². The van der Waals surface area contributed by atoms with Crippen molar-refractivity contribution in [2.24, 2.45) is 11.3 Å². The summed E-state index contributed by atoms with van der Waals surface area (Å²) in [6, 6.07) is 5.29. The average molecular weight is 263 g/mol. The van der Waals surface area contributed by atoms with Crippen molar-refractivity contribution in [2.75, 3.05) is 24.6 Å². The predicted molar refractivity (Wildman–Crippen MR) is 81.4 cm³/mol. The molecule has 0 saturated carbocycles. The third-order valence-corrected chi connectivity index (χ3v) is 3.81. The number of nitrogens with two attached hydrogens (primary N) is 1. The van der Waals surface area contributed by atoms with Crippen LogP contribution in [0, 0.1) is 11.3 Å². The molecule has 1 rings (SSSR count). The topological polar surface area (TPSA) is 67.2 Å². The quantitative estimate of drug-likeness (QED) is 0.716. The summed E-state index contributed by atoms with van der Waals surface area (Å²) < 4.78 is 0. The SMILES string of the molecule is CNC(=O)c1ccc(N)cc1NCC(C)(C)C(C)C. The number of carbonyl (C=O) groups is 1. The van der Waals surface area contributed by atoms with Gasteiger partial charge in [0.1, 0.15) is 0 Å². The lowest BCUT2D eigenvalue weighted by Crippen LogP contribution is -2.29. The van der Waals surface area contributed by atoms with E-state index in [1.165, 1.54) is 0 Å². The summed E-state index contributed by atoms with van der Waals surface area (Å²) in [6.07, 6.45) is 0. The summed E-state index contributed by atoms with van der Waals surface area (Å²) >= 11 is 0. The molecule has 0 heterocycles. The first-order valence-corrected chi connectivity index (χ1v) is 6.63. The van der Waals surface area contributed by atoms with E-state index >= 15 is 0 Å². The Morgan fingerprint density at radius 1 is 1.37 bits per heavy atom. The molecule has 0 aliphatic rings. The molecule has 0 spiro atoms. The van der Waals surface area contributed by atoms with E-state index in [9.17, 15) is 4.79 Å². The van der Waals surface area contributed by atoms with E-state index in [1.807, 2.05) is 0 Å². The first kappa shape index (κ1) is 15.3. The minimum Gasteiger partial charge on any atom is -0.399 e. The zero-order valence-corrected chi connectivity index (χ0v) is 12.5. The van der Waals surface area contributed by atoms with Gasteiger partial charge in [0.25, 0.3) is 5.91 Å². The average Bonchev–Trinajstić information content (AvgIpc) is 2.35. The van der Waals surface area contributed by atoms with Crippen molar-refractivity contribution < 1.29 is 4.79 Å². The zero-order chi connectivity index (χ0) is 14.6. The van der Waals surface area contributed by atoms with Crippen LogP contribution in [0.1, 0.15) is 38.1 Å². The second kappa shape index (κ2) is 5.95. The molecule has 1 amide bonds. The fourth-order valence-corrected chi connectivity index (χ4v) is 1.57. The van der Waals surface area contributed by atoms with E-state index in [2.05, 4.69) is 38.3 Å². The molecule has 4 N–H and O–H groups in total. The van der Waals surface area contributed by atoms with Crippen molar-refractivity contribution in [2.45, 2.75) is 27.7 Å². The number of hydrogen-bond donors (Lipinski definition) is 3. The highest BCUT2D eigenvalue weighted by Crippen LogP contribution is 2.28. The number of benzene rings is 1. The second-order valence-corrected chi connectivity index (χ2v) is 5.88. The molecule has 19 heavy (non-hydrogen) atoms. The van der Waals surface area contributed by atoms with Crippen LogP contribution in [0.5, 0.6) is 0 Å². The molecule has 1 aromatic rings. The van der Waals surface area contributed by atoms with Crippen molar-refractivity contribution in [1.82, 2.24) is 5.32 Å². The smallest absolute Gasteiger partial charge is 0.253 e. The van der Waals surface area contributed by atoms with Crippen LogP contribution in [0.3, 0.4) is 0 Å². The molecule has 0 atom stereocenters. The molecular formula is C15H25N3O. The third kappa shape index (κ3) is 3.88. The Hall–Kier alpha value is -1.71. The summed E-state index contributed by atoms with van der Waals surface area (Å²) in [6.45, 7) is 9.59. The molecule has 0 saturated heterocycles. The maximum atomic E-state index is 11.8. The van der Waals surface area contributed by atoms with Gasteiger partial charge in [-0.2, -0.15) is 0 Å². The number of carbonyl (C=O) groups excluding carboxylic acids is 1. The molecular weight excluding hydrogens is 238 g/mol. The third-order valence-electron chi connectivity index (χ3n) is 3.81. The molecule has 0 aliphatic heterocycles. The van der Waals surface area contributed by atoms with Crippen molar-refractivity contribution in [1.29, 1.82) is 0 Å². The van der Waals surface area contributed by atoms with Gasteiger partial charge < -0.3 is 16.4 Å². The van der Waals surface area contributed by atoms with Crippen LogP contribution in [-0.4, -0.2) is 19.5 Å². The number of nitrogens with one attached hydrogen (secondary N) is 2. The van der Waals surface area contributed by atoms with E-state index in [4.69, 9.17) is 5.73 Å². The maximum absolute atomic E-state index is 11.8. The fraction of sp³-hybridized carbons (Fsp3) is 0.533. The van der Waals surface area contributed by atoms with Gasteiger partial charge in [0.15, 0.2) is 0 Å². The lowest BCUT2D eigenvalue weighted by molar-refractivity contribution is 0.0964. The van der Waals surface area contributed by atoms with Gasteiger partial charge in [0.2, 0.25) is 0 Å². The van der Waals surface area contributed by atoms with Crippen molar-refractivity contribution in [3.05, 3.63) is 23.8 Å². The van der Waals surface area contributed by atoms with Crippen LogP contribution in [0.25, 0.3) is 0 Å². The summed E-state index contributed by atoms with van der Waals surface area (Å²) in [5, 5.41) is 5.99. The Labute approximate surface area is 115 Å². The van der Waals surface area contributed by atoms with E-state index in [1.54, 1.807) is 25.2 Å². The Morgan fingerprint density at radius 2 is 2.00 bits per heavy atom. The molecule has 0 radical (unpaired) electrons. The summed E-state index contributed by atoms with van der Waals surface area (Å²) in [5.74, 6) is 0.439. The molecule has 0 aromatic heterocycles. The largest absolute Gasteiger partial charge is 0.399 e. The van der Waals surface area contributed by atoms with Gasteiger partial charge in [0, 0.05) is 25.0 Å². The number of hydrogen-bond acceptors (Lipinski definition) is 3. The van der Waals surface area contributed by atoms with Gasteiger partial charge in [-0.1, -0.05) is 27.7 Å². The lowest BCUT2D eigenvalue weighted by atomic mass is 9.81. The predicted octanol–water partition coefficient (Wildman–Crippen LogP) is 2.72. The number of rotatable bonds is 5. The summed E-state index contributed by atoms with van der Waals surface area (Å²) in [4.78, 5) is 11.8.